The Bertz CT molecular complexity index is 124. The maximum Gasteiger partial charge on any atom is 0.0471 e. The monoisotopic (exact) mass is 182 g/mol. The lowest BCUT2D eigenvalue weighted by molar-refractivity contribution is 0.118. The lowest BCUT2D eigenvalue weighted by Crippen LogP contribution is -2.03. The Morgan fingerprint density at radius 2 is 1.38 bits per heavy atom. The molecule has 0 saturated carbocycles. The maximum absolute atomic E-state index is 5.48. The van der Waals surface area contributed by atoms with Gasteiger partial charge in [0.05, 0.1) is 0 Å². The van der Waals surface area contributed by atoms with Crippen molar-refractivity contribution in [3.8, 4) is 0 Å². The minimum Gasteiger partial charge on any atom is -0.381 e. The van der Waals surface area contributed by atoms with Crippen LogP contribution >= 0.6 is 0 Å². The number of hydrogen-bond donors (Lipinski definition) is 0. The smallest absolute Gasteiger partial charge is 0.0471 e. The molecule has 0 aliphatic carbocycles. The van der Waals surface area contributed by atoms with Gasteiger partial charge in [-0.1, -0.05) is 26.0 Å². The molecular formula is C12H22O. The van der Waals surface area contributed by atoms with E-state index in [4.69, 9.17) is 4.74 Å². The van der Waals surface area contributed by atoms with Crippen molar-refractivity contribution >= 4 is 0 Å². The lowest BCUT2D eigenvalue weighted by atomic mass is 10.1. The van der Waals surface area contributed by atoms with Crippen LogP contribution in [0.25, 0.3) is 0 Å². The molecule has 0 bridgehead atoms. The average Bonchev–Trinajstić information content (AvgIpc) is 2.16. The van der Waals surface area contributed by atoms with E-state index in [1.165, 1.54) is 0 Å². The molecule has 0 heterocycles. The number of allylic oxidation sites excluding steroid dienone is 2. The van der Waals surface area contributed by atoms with Crippen LogP contribution in [0.2, 0.25) is 0 Å². The highest BCUT2D eigenvalue weighted by molar-refractivity contribution is 4.75. The zero-order valence-electron chi connectivity index (χ0n) is 8.96. The Labute approximate surface area is 82.5 Å². The van der Waals surface area contributed by atoms with E-state index in [0.29, 0.717) is 11.8 Å². The van der Waals surface area contributed by atoms with Gasteiger partial charge in [-0.2, -0.15) is 0 Å². The van der Waals surface area contributed by atoms with Crippen molar-refractivity contribution < 1.29 is 4.74 Å². The minimum absolute atomic E-state index is 0.567. The summed E-state index contributed by atoms with van der Waals surface area (Å²) in [5.41, 5.74) is 0. The second-order valence-electron chi connectivity index (χ2n) is 3.62. The van der Waals surface area contributed by atoms with E-state index in [-0.39, 0.29) is 0 Å². The summed E-state index contributed by atoms with van der Waals surface area (Å²) < 4.78 is 5.48. The zero-order chi connectivity index (χ0) is 10.1. The molecule has 0 saturated heterocycles. The highest BCUT2D eigenvalue weighted by atomic mass is 16.5. The standard InChI is InChI=1S/C12H22O/c1-5-11(3)7-9-13-10-8-12(4)6-2/h5-6,11-12H,1-2,7-10H2,3-4H3. The van der Waals surface area contributed by atoms with Crippen LogP contribution in [0.5, 0.6) is 0 Å². The van der Waals surface area contributed by atoms with Gasteiger partial charge in [0, 0.05) is 13.2 Å². The van der Waals surface area contributed by atoms with E-state index in [1.807, 2.05) is 12.2 Å². The van der Waals surface area contributed by atoms with Crippen LogP contribution in [0.1, 0.15) is 26.7 Å². The lowest BCUT2D eigenvalue weighted by Gasteiger charge is -2.08. The summed E-state index contributed by atoms with van der Waals surface area (Å²) in [6.07, 6.45) is 6.09. The van der Waals surface area contributed by atoms with Crippen LogP contribution < -0.4 is 0 Å². The van der Waals surface area contributed by atoms with E-state index in [0.717, 1.165) is 26.1 Å². The number of hydrogen-bond acceptors (Lipinski definition) is 1. The summed E-state index contributed by atoms with van der Waals surface area (Å²) >= 11 is 0. The fraction of sp³-hybridized carbons (Fsp3) is 0.667. The molecule has 0 radical (unpaired) electrons. The van der Waals surface area contributed by atoms with Gasteiger partial charge in [0.1, 0.15) is 0 Å². The van der Waals surface area contributed by atoms with Crippen LogP contribution in [0.4, 0.5) is 0 Å². The molecule has 0 N–H and O–H groups in total. The van der Waals surface area contributed by atoms with Crippen LogP contribution in [0, 0.1) is 11.8 Å². The van der Waals surface area contributed by atoms with Crippen molar-refractivity contribution in [1.82, 2.24) is 0 Å². The summed E-state index contributed by atoms with van der Waals surface area (Å²) in [6, 6.07) is 0. The first-order valence-electron chi connectivity index (χ1n) is 5.03. The predicted molar refractivity (Wildman–Crippen MR) is 58.8 cm³/mol. The van der Waals surface area contributed by atoms with Gasteiger partial charge in [0.25, 0.3) is 0 Å². The molecule has 0 aromatic rings. The summed E-state index contributed by atoms with van der Waals surface area (Å²) in [5.74, 6) is 1.13. The third kappa shape index (κ3) is 7.79. The molecule has 13 heavy (non-hydrogen) atoms. The molecule has 2 atom stereocenters. The first-order chi connectivity index (χ1) is 6.20. The third-order valence-corrected chi connectivity index (χ3v) is 2.24. The van der Waals surface area contributed by atoms with Crippen LogP contribution in [0.3, 0.4) is 0 Å². The van der Waals surface area contributed by atoms with E-state index < -0.39 is 0 Å². The topological polar surface area (TPSA) is 9.23 Å². The Hall–Kier alpha value is -0.560. The molecule has 0 amide bonds. The highest BCUT2D eigenvalue weighted by Gasteiger charge is 1.98. The van der Waals surface area contributed by atoms with Gasteiger partial charge in [-0.05, 0) is 24.7 Å². The average molecular weight is 182 g/mol. The first kappa shape index (κ1) is 12.4. The molecule has 0 rings (SSSR count). The van der Waals surface area contributed by atoms with Gasteiger partial charge in [-0.3, -0.25) is 0 Å². The summed E-state index contributed by atoms with van der Waals surface area (Å²) in [5, 5.41) is 0. The maximum atomic E-state index is 5.48. The van der Waals surface area contributed by atoms with Crippen LogP contribution in [0.15, 0.2) is 25.3 Å². The molecule has 0 aromatic heterocycles. The second kappa shape index (κ2) is 8.06. The van der Waals surface area contributed by atoms with E-state index in [9.17, 15) is 0 Å². The molecule has 0 spiro atoms. The van der Waals surface area contributed by atoms with Crippen molar-refractivity contribution in [3.05, 3.63) is 25.3 Å². The number of ether oxygens (including phenoxy) is 1. The van der Waals surface area contributed by atoms with Crippen molar-refractivity contribution in [3.63, 3.8) is 0 Å². The molecule has 0 fully saturated rings. The Morgan fingerprint density at radius 3 is 1.69 bits per heavy atom. The van der Waals surface area contributed by atoms with E-state index >= 15 is 0 Å². The predicted octanol–water partition coefficient (Wildman–Crippen LogP) is 3.43. The summed E-state index contributed by atoms with van der Waals surface area (Å²) in [4.78, 5) is 0. The highest BCUT2D eigenvalue weighted by Crippen LogP contribution is 2.05. The molecule has 2 unspecified atom stereocenters. The van der Waals surface area contributed by atoms with Crippen molar-refractivity contribution in [2.24, 2.45) is 11.8 Å². The van der Waals surface area contributed by atoms with Gasteiger partial charge >= 0.3 is 0 Å². The molecular weight excluding hydrogens is 160 g/mol. The van der Waals surface area contributed by atoms with Crippen molar-refractivity contribution in [2.75, 3.05) is 13.2 Å². The largest absolute Gasteiger partial charge is 0.381 e. The fourth-order valence-corrected chi connectivity index (χ4v) is 0.876. The number of rotatable bonds is 8. The Morgan fingerprint density at radius 1 is 1.00 bits per heavy atom. The van der Waals surface area contributed by atoms with Gasteiger partial charge in [-0.25, -0.2) is 0 Å². The van der Waals surface area contributed by atoms with Crippen molar-refractivity contribution in [2.45, 2.75) is 26.7 Å². The normalized spacial score (nSPS) is 14.9. The summed E-state index contributed by atoms with van der Waals surface area (Å²) in [7, 11) is 0. The second-order valence-corrected chi connectivity index (χ2v) is 3.62. The van der Waals surface area contributed by atoms with Gasteiger partial charge in [-0.15, -0.1) is 13.2 Å². The quantitative estimate of drug-likeness (QED) is 0.413. The fourth-order valence-electron chi connectivity index (χ4n) is 0.876. The zero-order valence-corrected chi connectivity index (χ0v) is 8.96. The first-order valence-corrected chi connectivity index (χ1v) is 5.03. The van der Waals surface area contributed by atoms with Gasteiger partial charge < -0.3 is 4.74 Å². The van der Waals surface area contributed by atoms with Gasteiger partial charge in [0.15, 0.2) is 0 Å². The van der Waals surface area contributed by atoms with E-state index in [1.54, 1.807) is 0 Å². The SMILES string of the molecule is C=CC(C)CCOCCC(C)C=C. The molecule has 1 nitrogen and oxygen atoms in total. The van der Waals surface area contributed by atoms with E-state index in [2.05, 4.69) is 27.0 Å². The Kier molecular flexibility index (Phi) is 7.71. The van der Waals surface area contributed by atoms with Crippen LogP contribution in [-0.2, 0) is 4.74 Å². The van der Waals surface area contributed by atoms with Gasteiger partial charge in [0.2, 0.25) is 0 Å². The molecule has 0 aromatic carbocycles. The van der Waals surface area contributed by atoms with Crippen molar-refractivity contribution in [1.29, 1.82) is 0 Å². The molecule has 0 aliphatic rings. The third-order valence-electron chi connectivity index (χ3n) is 2.24. The molecule has 1 heteroatoms. The minimum atomic E-state index is 0.567. The van der Waals surface area contributed by atoms with Crippen LogP contribution in [-0.4, -0.2) is 13.2 Å². The summed E-state index contributed by atoms with van der Waals surface area (Å²) in [6.45, 7) is 13.5. The molecule has 0 aliphatic heterocycles. The Balaban J connectivity index is 3.16. The molecule has 76 valence electrons.